The highest BCUT2D eigenvalue weighted by Gasteiger charge is 2.22. The minimum absolute atomic E-state index is 0.0707. The van der Waals surface area contributed by atoms with Crippen LogP contribution in [0.3, 0.4) is 0 Å². The Morgan fingerprint density at radius 3 is 1.96 bits per heavy atom. The number of rotatable bonds is 3. The number of carbonyl (C=O) groups is 1. The number of anilines is 3. The summed E-state index contributed by atoms with van der Waals surface area (Å²) < 4.78 is 0. The lowest BCUT2D eigenvalue weighted by molar-refractivity contribution is 0.0999. The van der Waals surface area contributed by atoms with Gasteiger partial charge in [-0.1, -0.05) is 36.4 Å². The number of nitrogens with zero attached hydrogens (tertiary/aromatic N) is 1. The molecule has 0 fully saturated rings. The Labute approximate surface area is 142 Å². The molecule has 0 saturated heterocycles. The molecule has 3 nitrogen and oxygen atoms in total. The van der Waals surface area contributed by atoms with Crippen LogP contribution in [-0.4, -0.2) is 5.91 Å². The molecule has 0 aromatic heterocycles. The summed E-state index contributed by atoms with van der Waals surface area (Å²) in [6.07, 6.45) is 0. The standard InChI is InChI=1S/C21H20N2O/c1-15-7-6-8-16(2)20(15)23(19-9-4-3-5-10-19)21(24)17-11-13-18(22)14-12-17/h3-14H,22H2,1-2H3. The van der Waals surface area contributed by atoms with Gasteiger partial charge in [-0.3, -0.25) is 9.69 Å². The lowest BCUT2D eigenvalue weighted by Crippen LogP contribution is -2.27. The Bertz CT molecular complexity index is 835. The summed E-state index contributed by atoms with van der Waals surface area (Å²) in [5.41, 5.74) is 10.9. The van der Waals surface area contributed by atoms with Gasteiger partial charge in [0.05, 0.1) is 5.69 Å². The highest BCUT2D eigenvalue weighted by molar-refractivity contribution is 6.11. The van der Waals surface area contributed by atoms with Crippen molar-refractivity contribution < 1.29 is 4.79 Å². The molecule has 0 aliphatic heterocycles. The number of hydrogen-bond acceptors (Lipinski definition) is 2. The molecule has 3 aromatic rings. The molecule has 120 valence electrons. The van der Waals surface area contributed by atoms with E-state index in [2.05, 4.69) is 0 Å². The van der Waals surface area contributed by atoms with Gasteiger partial charge in [0.2, 0.25) is 0 Å². The number of benzene rings is 3. The van der Waals surface area contributed by atoms with Crippen LogP contribution in [0, 0.1) is 13.8 Å². The molecule has 0 bridgehead atoms. The van der Waals surface area contributed by atoms with Crippen molar-refractivity contribution in [3.8, 4) is 0 Å². The molecule has 0 radical (unpaired) electrons. The average molecular weight is 316 g/mol. The van der Waals surface area contributed by atoms with Crippen molar-refractivity contribution in [3.05, 3.63) is 89.5 Å². The Morgan fingerprint density at radius 2 is 1.38 bits per heavy atom. The number of nitrogen functional groups attached to an aromatic ring is 1. The van der Waals surface area contributed by atoms with Crippen molar-refractivity contribution in [2.45, 2.75) is 13.8 Å². The maximum absolute atomic E-state index is 13.2. The molecule has 24 heavy (non-hydrogen) atoms. The summed E-state index contributed by atoms with van der Waals surface area (Å²) in [4.78, 5) is 15.0. The Morgan fingerprint density at radius 1 is 0.792 bits per heavy atom. The van der Waals surface area contributed by atoms with Gasteiger partial charge in [-0.15, -0.1) is 0 Å². The van der Waals surface area contributed by atoms with Gasteiger partial charge in [0, 0.05) is 16.9 Å². The van der Waals surface area contributed by atoms with E-state index in [1.54, 1.807) is 29.2 Å². The molecule has 0 heterocycles. The topological polar surface area (TPSA) is 46.3 Å². The average Bonchev–Trinajstić information content (AvgIpc) is 2.59. The van der Waals surface area contributed by atoms with Crippen molar-refractivity contribution in [2.24, 2.45) is 0 Å². The summed E-state index contributed by atoms with van der Waals surface area (Å²) >= 11 is 0. The maximum atomic E-state index is 13.2. The minimum atomic E-state index is -0.0707. The summed E-state index contributed by atoms with van der Waals surface area (Å²) in [6, 6.07) is 22.8. The van der Waals surface area contributed by atoms with Gasteiger partial charge >= 0.3 is 0 Å². The van der Waals surface area contributed by atoms with E-state index in [-0.39, 0.29) is 5.91 Å². The largest absolute Gasteiger partial charge is 0.399 e. The van der Waals surface area contributed by atoms with Gasteiger partial charge in [0.1, 0.15) is 0 Å². The first-order valence-corrected chi connectivity index (χ1v) is 7.89. The number of para-hydroxylation sites is 2. The van der Waals surface area contributed by atoms with E-state index < -0.39 is 0 Å². The lowest BCUT2D eigenvalue weighted by Gasteiger charge is -2.26. The second-order valence-corrected chi connectivity index (χ2v) is 5.84. The first-order chi connectivity index (χ1) is 11.6. The summed E-state index contributed by atoms with van der Waals surface area (Å²) in [6.45, 7) is 4.04. The zero-order valence-electron chi connectivity index (χ0n) is 13.9. The number of aryl methyl sites for hydroxylation is 2. The van der Waals surface area contributed by atoms with Crippen molar-refractivity contribution in [2.75, 3.05) is 10.6 Å². The van der Waals surface area contributed by atoms with Gasteiger partial charge in [0.25, 0.3) is 5.91 Å². The summed E-state index contributed by atoms with van der Waals surface area (Å²) in [5, 5.41) is 0. The fourth-order valence-electron chi connectivity index (χ4n) is 2.84. The van der Waals surface area contributed by atoms with E-state index in [1.807, 2.05) is 62.4 Å². The van der Waals surface area contributed by atoms with E-state index in [0.717, 1.165) is 22.5 Å². The SMILES string of the molecule is Cc1cccc(C)c1N(C(=O)c1ccc(N)cc1)c1ccccc1. The summed E-state index contributed by atoms with van der Waals surface area (Å²) in [7, 11) is 0. The molecule has 3 rings (SSSR count). The van der Waals surface area contributed by atoms with Crippen molar-refractivity contribution >= 4 is 23.0 Å². The maximum Gasteiger partial charge on any atom is 0.262 e. The fraction of sp³-hybridized carbons (Fsp3) is 0.0952. The molecule has 1 amide bonds. The molecule has 0 saturated carbocycles. The number of hydrogen-bond donors (Lipinski definition) is 1. The molecule has 3 aromatic carbocycles. The first-order valence-electron chi connectivity index (χ1n) is 7.89. The van der Waals surface area contributed by atoms with Crippen LogP contribution < -0.4 is 10.6 Å². The molecule has 3 heteroatoms. The molecule has 0 unspecified atom stereocenters. The lowest BCUT2D eigenvalue weighted by atomic mass is 10.0. The molecular formula is C21H20N2O. The fourth-order valence-corrected chi connectivity index (χ4v) is 2.84. The van der Waals surface area contributed by atoms with E-state index in [1.165, 1.54) is 0 Å². The predicted molar refractivity (Wildman–Crippen MR) is 99.7 cm³/mol. The monoisotopic (exact) mass is 316 g/mol. The van der Waals surface area contributed by atoms with Crippen LogP contribution in [-0.2, 0) is 0 Å². The van der Waals surface area contributed by atoms with Crippen LogP contribution in [0.4, 0.5) is 17.1 Å². The molecular weight excluding hydrogens is 296 g/mol. The Hall–Kier alpha value is -3.07. The van der Waals surface area contributed by atoms with E-state index in [4.69, 9.17) is 5.73 Å². The normalized spacial score (nSPS) is 10.4. The van der Waals surface area contributed by atoms with E-state index >= 15 is 0 Å². The molecule has 0 atom stereocenters. The van der Waals surface area contributed by atoms with Crippen LogP contribution in [0.5, 0.6) is 0 Å². The second kappa shape index (κ2) is 6.59. The van der Waals surface area contributed by atoms with Crippen molar-refractivity contribution in [3.63, 3.8) is 0 Å². The second-order valence-electron chi connectivity index (χ2n) is 5.84. The highest BCUT2D eigenvalue weighted by atomic mass is 16.2. The van der Waals surface area contributed by atoms with E-state index in [9.17, 15) is 4.79 Å². The molecule has 0 aliphatic rings. The molecule has 0 spiro atoms. The zero-order chi connectivity index (χ0) is 17.1. The number of carbonyl (C=O) groups excluding carboxylic acids is 1. The third kappa shape index (κ3) is 3.01. The Kier molecular flexibility index (Phi) is 4.34. The predicted octanol–water partition coefficient (Wildman–Crippen LogP) is 4.86. The first kappa shape index (κ1) is 15.8. The smallest absolute Gasteiger partial charge is 0.262 e. The minimum Gasteiger partial charge on any atom is -0.399 e. The quantitative estimate of drug-likeness (QED) is 0.701. The Balaban J connectivity index is 2.16. The van der Waals surface area contributed by atoms with Crippen LogP contribution in [0.15, 0.2) is 72.8 Å². The van der Waals surface area contributed by atoms with Gasteiger partial charge in [-0.2, -0.15) is 0 Å². The van der Waals surface area contributed by atoms with Gasteiger partial charge < -0.3 is 5.73 Å². The van der Waals surface area contributed by atoms with Gasteiger partial charge in [-0.25, -0.2) is 0 Å². The molecule has 2 N–H and O–H groups in total. The highest BCUT2D eigenvalue weighted by Crippen LogP contribution is 2.33. The third-order valence-corrected chi connectivity index (χ3v) is 4.04. The van der Waals surface area contributed by atoms with Crippen LogP contribution in [0.2, 0.25) is 0 Å². The van der Waals surface area contributed by atoms with Crippen LogP contribution in [0.1, 0.15) is 21.5 Å². The molecule has 0 aliphatic carbocycles. The zero-order valence-corrected chi connectivity index (χ0v) is 13.9. The third-order valence-electron chi connectivity index (χ3n) is 4.04. The van der Waals surface area contributed by atoms with E-state index in [0.29, 0.717) is 11.3 Å². The van der Waals surface area contributed by atoms with Gasteiger partial charge in [0.15, 0.2) is 0 Å². The number of amides is 1. The summed E-state index contributed by atoms with van der Waals surface area (Å²) in [5.74, 6) is -0.0707. The van der Waals surface area contributed by atoms with Gasteiger partial charge in [-0.05, 0) is 61.4 Å². The van der Waals surface area contributed by atoms with Crippen molar-refractivity contribution in [1.82, 2.24) is 0 Å². The van der Waals surface area contributed by atoms with Crippen LogP contribution in [0.25, 0.3) is 0 Å². The number of nitrogens with two attached hydrogens (primary N) is 1. The van der Waals surface area contributed by atoms with Crippen LogP contribution >= 0.6 is 0 Å². The van der Waals surface area contributed by atoms with Crippen molar-refractivity contribution in [1.29, 1.82) is 0 Å².